The van der Waals surface area contributed by atoms with Crippen molar-refractivity contribution in [3.8, 4) is 5.75 Å². The van der Waals surface area contributed by atoms with Gasteiger partial charge in [-0.1, -0.05) is 61.2 Å². The van der Waals surface area contributed by atoms with Crippen molar-refractivity contribution in [2.24, 2.45) is 0 Å². The molecule has 2 amide bonds. The highest BCUT2D eigenvalue weighted by Gasteiger charge is 2.61. The van der Waals surface area contributed by atoms with Crippen molar-refractivity contribution < 1.29 is 14.3 Å². The van der Waals surface area contributed by atoms with Crippen LogP contribution in [0.15, 0.2) is 109 Å². The molecular weight excluding hydrogens is 599 g/mol. The van der Waals surface area contributed by atoms with Crippen molar-refractivity contribution in [2.75, 3.05) is 13.2 Å². The summed E-state index contributed by atoms with van der Waals surface area (Å²) in [5.41, 5.74) is -0.104. The minimum Gasteiger partial charge on any atom is -0.478 e. The summed E-state index contributed by atoms with van der Waals surface area (Å²) in [5, 5.41) is 9.03. The number of carbonyl (C=O) groups excluding carboxylic acids is 2. The number of carbonyl (C=O) groups is 2. The predicted molar refractivity (Wildman–Crippen MR) is 193 cm³/mol. The van der Waals surface area contributed by atoms with Crippen molar-refractivity contribution in [1.29, 1.82) is 0 Å². The van der Waals surface area contributed by atoms with Crippen molar-refractivity contribution in [3.05, 3.63) is 125 Å². The van der Waals surface area contributed by atoms with Crippen molar-refractivity contribution in [1.82, 2.24) is 10.6 Å². The summed E-state index contributed by atoms with van der Waals surface area (Å²) in [6.45, 7) is 23.5. The topological polar surface area (TPSA) is 67.4 Å². The van der Waals surface area contributed by atoms with E-state index in [1.807, 2.05) is 30.3 Å². The number of ether oxygens (including phenoxy) is 1. The molecule has 1 aliphatic carbocycles. The second kappa shape index (κ2) is 14.8. The molecule has 0 saturated heterocycles. The van der Waals surface area contributed by atoms with E-state index in [0.717, 1.165) is 23.7 Å². The highest BCUT2D eigenvalue weighted by molar-refractivity contribution is 7.84. The van der Waals surface area contributed by atoms with Crippen LogP contribution in [0.3, 0.4) is 0 Å². The smallest absolute Gasteiger partial charge is 0.264 e. The Morgan fingerprint density at radius 3 is 2.24 bits per heavy atom. The normalized spacial score (nSPS) is 15.2. The molecule has 1 unspecified atom stereocenters. The van der Waals surface area contributed by atoms with Crippen LogP contribution in [0.2, 0.25) is 5.02 Å². The van der Waals surface area contributed by atoms with Gasteiger partial charge in [0.2, 0.25) is 0 Å². The summed E-state index contributed by atoms with van der Waals surface area (Å²) in [5.74, 6) is 0.268. The maximum atomic E-state index is 13.8. The largest absolute Gasteiger partial charge is 0.478 e. The molecule has 0 heterocycles. The van der Waals surface area contributed by atoms with E-state index in [-0.39, 0.29) is 17.0 Å². The molecule has 0 radical (unpaired) electrons. The Morgan fingerprint density at radius 2 is 1.67 bits per heavy atom. The Balaban J connectivity index is 1.68. The SMILES string of the molecule is C=C/C=C\C(=C)[P+](C)(C1=CC=CCC1)C(C)(C)C(C)(C)NC(=O)C(C)(C)Oc1ccc(CCNC(=O)c2ccc(Cl)cc2)cc1. The Labute approximate surface area is 275 Å². The minimum atomic E-state index is -2.01. The average molecular weight is 648 g/mol. The van der Waals surface area contributed by atoms with Gasteiger partial charge in [0.1, 0.15) is 10.9 Å². The first kappa shape index (κ1) is 36.1. The van der Waals surface area contributed by atoms with E-state index in [1.165, 1.54) is 5.31 Å². The number of halogens is 1. The first-order chi connectivity index (χ1) is 21.0. The maximum Gasteiger partial charge on any atom is 0.264 e. The number of hydrogen-bond acceptors (Lipinski definition) is 3. The van der Waals surface area contributed by atoms with Crippen LogP contribution in [0, 0.1) is 0 Å². The van der Waals surface area contributed by atoms with Crippen LogP contribution < -0.4 is 15.4 Å². The van der Waals surface area contributed by atoms with Gasteiger partial charge in [-0.3, -0.25) is 9.59 Å². The van der Waals surface area contributed by atoms with Crippen molar-refractivity contribution >= 4 is 30.7 Å². The molecule has 0 bridgehead atoms. The van der Waals surface area contributed by atoms with Crippen LogP contribution in [0.5, 0.6) is 5.75 Å². The standard InChI is InChI=1S/C38H48ClN2O3P/c1-10-11-15-28(2)45(9,33-16-13-12-14-17-33)38(7,8)37(5,6)41-35(43)36(3,4)44-32-24-18-29(19-25-32)26-27-40-34(42)30-20-22-31(39)23-21-30/h10-13,15-16,18-25H,1-2,14,17,26-27H2,3-9H3,(H-,40,41,42,43)/p+1/b15-11-. The van der Waals surface area contributed by atoms with Crippen LogP contribution in [0.4, 0.5) is 0 Å². The zero-order valence-electron chi connectivity index (χ0n) is 27.9. The van der Waals surface area contributed by atoms with E-state index in [0.29, 0.717) is 29.3 Å². The van der Waals surface area contributed by atoms with Gasteiger partial charge in [0.15, 0.2) is 5.60 Å². The second-order valence-electron chi connectivity index (χ2n) is 13.1. The number of amides is 2. The molecule has 45 heavy (non-hydrogen) atoms. The molecule has 2 aromatic rings. The molecule has 240 valence electrons. The molecule has 0 fully saturated rings. The lowest BCUT2D eigenvalue weighted by molar-refractivity contribution is -0.136. The van der Waals surface area contributed by atoms with Gasteiger partial charge in [0.05, 0.1) is 30.1 Å². The molecule has 3 rings (SSSR count). The van der Waals surface area contributed by atoms with E-state index in [4.69, 9.17) is 16.3 Å². The fourth-order valence-electron chi connectivity index (χ4n) is 5.43. The third-order valence-electron chi connectivity index (χ3n) is 9.29. The Bertz CT molecular complexity index is 1480. The minimum absolute atomic E-state index is 0.141. The van der Waals surface area contributed by atoms with Gasteiger partial charge in [-0.25, -0.2) is 0 Å². The van der Waals surface area contributed by atoms with Crippen molar-refractivity contribution in [3.63, 3.8) is 0 Å². The summed E-state index contributed by atoms with van der Waals surface area (Å²) in [6.07, 6.45) is 15.0. The van der Waals surface area contributed by atoms with Crippen LogP contribution in [-0.4, -0.2) is 41.3 Å². The third kappa shape index (κ3) is 8.45. The van der Waals surface area contributed by atoms with Gasteiger partial charge in [-0.2, -0.15) is 0 Å². The zero-order valence-corrected chi connectivity index (χ0v) is 29.5. The van der Waals surface area contributed by atoms with Gasteiger partial charge in [0.25, 0.3) is 11.8 Å². The monoisotopic (exact) mass is 647 g/mol. The first-order valence-electron chi connectivity index (χ1n) is 15.4. The Morgan fingerprint density at radius 1 is 1.02 bits per heavy atom. The number of allylic oxidation sites excluding steroid dienone is 8. The fraction of sp³-hybridized carbons (Fsp3) is 0.368. The summed E-state index contributed by atoms with van der Waals surface area (Å²) < 4.78 is 6.25. The van der Waals surface area contributed by atoms with E-state index in [2.05, 4.69) is 82.5 Å². The number of hydrogen-bond donors (Lipinski definition) is 2. The van der Waals surface area contributed by atoms with Gasteiger partial charge in [-0.15, -0.1) is 0 Å². The van der Waals surface area contributed by atoms with Gasteiger partial charge in [0, 0.05) is 23.6 Å². The van der Waals surface area contributed by atoms with Crippen LogP contribution >= 0.6 is 18.9 Å². The van der Waals surface area contributed by atoms with Gasteiger partial charge < -0.3 is 15.4 Å². The van der Waals surface area contributed by atoms with Crippen molar-refractivity contribution in [2.45, 2.75) is 77.1 Å². The summed E-state index contributed by atoms with van der Waals surface area (Å²) in [7, 11) is -2.01. The quantitative estimate of drug-likeness (QED) is 0.159. The molecule has 0 spiro atoms. The molecule has 1 atom stereocenters. The first-order valence-corrected chi connectivity index (χ1v) is 18.0. The lowest BCUT2D eigenvalue weighted by Gasteiger charge is -2.49. The third-order valence-corrected chi connectivity index (χ3v) is 15.2. The summed E-state index contributed by atoms with van der Waals surface area (Å²) >= 11 is 5.91. The van der Waals surface area contributed by atoms with E-state index in [9.17, 15) is 9.59 Å². The van der Waals surface area contributed by atoms with Crippen LogP contribution in [0.1, 0.15) is 70.3 Å². The molecule has 2 aromatic carbocycles. The molecule has 7 heteroatoms. The van der Waals surface area contributed by atoms with E-state index in [1.54, 1.807) is 44.2 Å². The summed E-state index contributed by atoms with van der Waals surface area (Å²) in [6, 6.07) is 14.4. The summed E-state index contributed by atoms with van der Waals surface area (Å²) in [4.78, 5) is 26.2. The number of rotatable bonds is 14. The Kier molecular flexibility index (Phi) is 11.9. The molecule has 0 aliphatic heterocycles. The van der Waals surface area contributed by atoms with E-state index >= 15 is 0 Å². The number of nitrogens with one attached hydrogen (secondary N) is 2. The lowest BCUT2D eigenvalue weighted by atomic mass is 9.88. The number of benzene rings is 2. The van der Waals surface area contributed by atoms with Crippen LogP contribution in [0.25, 0.3) is 0 Å². The molecule has 0 saturated carbocycles. The van der Waals surface area contributed by atoms with E-state index < -0.39 is 18.4 Å². The highest BCUT2D eigenvalue weighted by atomic mass is 35.5. The fourth-order valence-corrected chi connectivity index (χ4v) is 9.88. The van der Waals surface area contributed by atoms with Gasteiger partial charge in [-0.05, 0) is 108 Å². The lowest BCUT2D eigenvalue weighted by Crippen LogP contribution is -2.62. The molecule has 1 aliphatic rings. The maximum absolute atomic E-state index is 13.8. The molecule has 2 N–H and O–H groups in total. The molecule has 0 aromatic heterocycles. The Hall–Kier alpha value is -3.40. The average Bonchev–Trinajstić information content (AvgIpc) is 3.00. The van der Waals surface area contributed by atoms with Crippen LogP contribution in [-0.2, 0) is 11.2 Å². The highest BCUT2D eigenvalue weighted by Crippen LogP contribution is 2.80. The molecule has 5 nitrogen and oxygen atoms in total. The zero-order chi connectivity index (χ0) is 33.5. The predicted octanol–water partition coefficient (Wildman–Crippen LogP) is 9.28. The molecular formula is C38H49ClN2O3P+. The second-order valence-corrected chi connectivity index (χ2v) is 17.8. The van der Waals surface area contributed by atoms with Gasteiger partial charge >= 0.3 is 0 Å².